The third kappa shape index (κ3) is 10.7. The number of carbonyl (C=O) groups excluding carboxylic acids is 4. The van der Waals surface area contributed by atoms with Gasteiger partial charge in [-0.2, -0.15) is 0 Å². The molecule has 2 aliphatic carbocycles. The molecule has 1 saturated heterocycles. The van der Waals surface area contributed by atoms with E-state index in [1.54, 1.807) is 18.2 Å². The Morgan fingerprint density at radius 3 is 2.29 bits per heavy atom. The summed E-state index contributed by atoms with van der Waals surface area (Å²) in [6.45, 7) is 15.8. The number of methoxy groups -OCH3 is 3. The first-order chi connectivity index (χ1) is 29.8. The number of likely N-dealkylation sites (tertiary alicyclic amines) is 1. The Bertz CT molecular complexity index is 2130. The van der Waals surface area contributed by atoms with E-state index in [0.29, 0.717) is 63.6 Å². The van der Waals surface area contributed by atoms with Crippen LogP contribution in [0, 0.1) is 23.2 Å². The number of thiazole rings is 1. The zero-order valence-corrected chi connectivity index (χ0v) is 39.7. The first kappa shape index (κ1) is 48.0. The summed E-state index contributed by atoms with van der Waals surface area (Å²) in [5.41, 5.74) is -0.574. The molecule has 1 aromatic carbocycles. The van der Waals surface area contributed by atoms with E-state index in [1.807, 2.05) is 46.9 Å². The average molecular weight is 916 g/mol. The number of hydrogen-bond acceptors (Lipinski definition) is 14. The van der Waals surface area contributed by atoms with Gasteiger partial charge in [-0.05, 0) is 68.4 Å². The van der Waals surface area contributed by atoms with Crippen LogP contribution in [0.4, 0.5) is 9.93 Å². The number of aromatic nitrogens is 2. The van der Waals surface area contributed by atoms with Gasteiger partial charge >= 0.3 is 12.1 Å². The Morgan fingerprint density at radius 2 is 1.68 bits per heavy atom. The first-order valence-corrected chi connectivity index (χ1v) is 23.0. The lowest BCUT2D eigenvalue weighted by Gasteiger charge is -2.35. The lowest BCUT2D eigenvalue weighted by atomic mass is 9.85. The van der Waals surface area contributed by atoms with E-state index in [0.717, 1.165) is 12.8 Å². The predicted molar refractivity (Wildman–Crippen MR) is 240 cm³/mol. The van der Waals surface area contributed by atoms with Crippen LogP contribution in [0.25, 0.3) is 22.3 Å². The smallest absolute Gasteiger partial charge is 0.408 e. The van der Waals surface area contributed by atoms with Gasteiger partial charge in [0.1, 0.15) is 58.7 Å². The zero-order chi connectivity index (χ0) is 46.0. The number of esters is 1. The molecule has 1 unspecified atom stereocenters. The average Bonchev–Trinajstić information content (AvgIpc) is 3.48. The van der Waals surface area contributed by atoms with Crippen molar-refractivity contribution in [2.75, 3.05) is 39.8 Å². The molecule has 8 atom stereocenters. The van der Waals surface area contributed by atoms with E-state index in [2.05, 4.69) is 29.8 Å². The number of rotatable bonds is 17. The van der Waals surface area contributed by atoms with Crippen LogP contribution in [0.15, 0.2) is 23.6 Å². The number of benzene rings is 1. The number of halogens is 1. The standard InChI is InChI=1S/C45H63ClN6O10S/c1-12-26-19-45(26,41(55)59-11)51-39(53)32-17-28(20-52(32)40(54)38(44(6,7)8)50-43(56)62-27-15-24(4)25(5)16-27)61-34-18-30(31-22-63-42(49-31)47-23(2)3)48-37-29(34)13-14-33(36(37)46)60-21-35(57-9)58-10/h13-14,18,22-28,32,35,38H,12,15-17,19-21H2,1-11H3,(H,47,49)(H,50,56)(H,51,53)/t24-,25+,26-,27?,28-,32+,38-,45-/m1/s1. The lowest BCUT2D eigenvalue weighted by Crippen LogP contribution is -2.59. The fourth-order valence-electron chi connectivity index (χ4n) is 8.56. The molecule has 1 aliphatic heterocycles. The SMILES string of the molecule is CC[C@@H]1C[C@]1(NC(=O)[C@@H]1C[C@@H](Oc2cc(-c3csc(NC(C)C)n3)nc3c(Cl)c(OCC(OC)OC)ccc23)CN1C(=O)[C@@H](NC(=O)OC1C[C@@H](C)[C@@H](C)C1)C(C)(C)C)C(=O)OC. The minimum absolute atomic E-state index is 0.0248. The highest BCUT2D eigenvalue weighted by Crippen LogP contribution is 2.47. The Balaban J connectivity index is 1.35. The van der Waals surface area contributed by atoms with Crippen LogP contribution in [-0.4, -0.2) is 115 Å². The van der Waals surface area contributed by atoms with Crippen molar-refractivity contribution >= 4 is 62.8 Å². The molecule has 2 aromatic heterocycles. The van der Waals surface area contributed by atoms with Crippen molar-refractivity contribution in [2.24, 2.45) is 23.2 Å². The van der Waals surface area contributed by atoms with Gasteiger partial charge in [0.25, 0.3) is 0 Å². The van der Waals surface area contributed by atoms with E-state index in [4.69, 9.17) is 50.0 Å². The van der Waals surface area contributed by atoms with Gasteiger partial charge in [0, 0.05) is 43.5 Å². The molecular formula is C45H63ClN6O10S. The molecule has 346 valence electrons. The number of ether oxygens (including phenoxy) is 6. The fraction of sp³-hybridized carbons (Fsp3) is 0.644. The number of pyridine rings is 1. The Morgan fingerprint density at radius 1 is 0.984 bits per heavy atom. The number of alkyl carbamates (subject to hydrolysis) is 1. The van der Waals surface area contributed by atoms with E-state index in [1.165, 1.54) is 37.6 Å². The number of amides is 3. The van der Waals surface area contributed by atoms with Gasteiger partial charge in [0.15, 0.2) is 11.4 Å². The maximum atomic E-state index is 14.9. The highest BCUT2D eigenvalue weighted by molar-refractivity contribution is 7.14. The molecular weight excluding hydrogens is 852 g/mol. The van der Waals surface area contributed by atoms with Gasteiger partial charge in [-0.15, -0.1) is 11.3 Å². The van der Waals surface area contributed by atoms with Crippen molar-refractivity contribution in [1.29, 1.82) is 0 Å². The van der Waals surface area contributed by atoms with Crippen LogP contribution in [0.1, 0.15) is 87.5 Å². The van der Waals surface area contributed by atoms with Crippen LogP contribution in [0.5, 0.6) is 11.5 Å². The molecule has 0 bridgehead atoms. The number of nitrogens with zero attached hydrogens (tertiary/aromatic N) is 3. The van der Waals surface area contributed by atoms with Gasteiger partial charge in [-0.3, -0.25) is 9.59 Å². The maximum absolute atomic E-state index is 14.9. The Kier molecular flexibility index (Phi) is 15.0. The van der Waals surface area contributed by atoms with Crippen LogP contribution in [0.3, 0.4) is 0 Å². The number of nitrogens with one attached hydrogen (secondary N) is 3. The summed E-state index contributed by atoms with van der Waals surface area (Å²) in [6.07, 6.45) is 0.271. The summed E-state index contributed by atoms with van der Waals surface area (Å²) < 4.78 is 34.4. The Hall–Kier alpha value is -4.45. The van der Waals surface area contributed by atoms with Crippen molar-refractivity contribution < 1.29 is 47.6 Å². The van der Waals surface area contributed by atoms with Gasteiger partial charge < -0.3 is 49.3 Å². The second-order valence-corrected chi connectivity index (χ2v) is 19.7. The third-order valence-corrected chi connectivity index (χ3v) is 13.6. The molecule has 3 aromatic rings. The molecule has 3 amide bonds. The summed E-state index contributed by atoms with van der Waals surface area (Å²) >= 11 is 8.47. The molecule has 16 nitrogen and oxygen atoms in total. The molecule has 18 heteroatoms. The van der Waals surface area contributed by atoms with Crippen LogP contribution in [-0.2, 0) is 33.3 Å². The number of fused-ring (bicyclic) bond motifs is 1. The molecule has 0 radical (unpaired) electrons. The predicted octanol–water partition coefficient (Wildman–Crippen LogP) is 7.21. The maximum Gasteiger partial charge on any atom is 0.408 e. The largest absolute Gasteiger partial charge is 0.488 e. The number of hydrogen-bond donors (Lipinski definition) is 3. The topological polar surface area (TPSA) is 189 Å². The highest BCUT2D eigenvalue weighted by atomic mass is 35.5. The Labute approximate surface area is 378 Å². The zero-order valence-electron chi connectivity index (χ0n) is 38.2. The van der Waals surface area contributed by atoms with Crippen LogP contribution in [0.2, 0.25) is 5.02 Å². The van der Waals surface area contributed by atoms with Gasteiger partial charge in [-0.1, -0.05) is 59.6 Å². The van der Waals surface area contributed by atoms with Crippen molar-refractivity contribution in [1.82, 2.24) is 25.5 Å². The van der Waals surface area contributed by atoms with Crippen LogP contribution >= 0.6 is 22.9 Å². The molecule has 63 heavy (non-hydrogen) atoms. The van der Waals surface area contributed by atoms with E-state index in [-0.39, 0.29) is 42.7 Å². The van der Waals surface area contributed by atoms with Crippen molar-refractivity contribution in [2.45, 2.75) is 130 Å². The molecule has 3 fully saturated rings. The minimum atomic E-state index is -1.20. The van der Waals surface area contributed by atoms with Crippen molar-refractivity contribution in [3.63, 3.8) is 0 Å². The lowest BCUT2D eigenvalue weighted by molar-refractivity contribution is -0.148. The normalized spacial score (nSPS) is 25.0. The first-order valence-electron chi connectivity index (χ1n) is 21.7. The summed E-state index contributed by atoms with van der Waals surface area (Å²) in [5, 5.41) is 12.5. The summed E-state index contributed by atoms with van der Waals surface area (Å²) in [5.74, 6) is -0.141. The number of anilines is 1. The monoisotopic (exact) mass is 914 g/mol. The molecule has 3 aliphatic rings. The third-order valence-electron chi connectivity index (χ3n) is 12.5. The molecule has 6 rings (SSSR count). The second-order valence-electron chi connectivity index (χ2n) is 18.5. The van der Waals surface area contributed by atoms with Crippen LogP contribution < -0.4 is 25.4 Å². The van der Waals surface area contributed by atoms with Crippen molar-refractivity contribution in [3.8, 4) is 22.9 Å². The van der Waals surface area contributed by atoms with E-state index in [9.17, 15) is 19.2 Å². The van der Waals surface area contributed by atoms with Gasteiger partial charge in [0.2, 0.25) is 11.8 Å². The minimum Gasteiger partial charge on any atom is -0.488 e. The van der Waals surface area contributed by atoms with Gasteiger partial charge in [-0.25, -0.2) is 19.6 Å². The molecule has 0 spiro atoms. The van der Waals surface area contributed by atoms with Crippen molar-refractivity contribution in [3.05, 3.63) is 28.6 Å². The summed E-state index contributed by atoms with van der Waals surface area (Å²) in [7, 11) is 4.31. The summed E-state index contributed by atoms with van der Waals surface area (Å²) in [6, 6.07) is 3.25. The van der Waals surface area contributed by atoms with E-state index < -0.39 is 59.3 Å². The second kappa shape index (κ2) is 19.7. The van der Waals surface area contributed by atoms with Gasteiger partial charge in [0.05, 0.1) is 24.9 Å². The highest BCUT2D eigenvalue weighted by Gasteiger charge is 2.62. The summed E-state index contributed by atoms with van der Waals surface area (Å²) in [4.78, 5) is 67.1. The fourth-order valence-corrected chi connectivity index (χ4v) is 9.68. The van der Waals surface area contributed by atoms with E-state index >= 15 is 0 Å². The quantitative estimate of drug-likeness (QED) is 0.0911. The molecule has 3 N–H and O–H groups in total. The number of carbonyl (C=O) groups is 4. The molecule has 3 heterocycles. The molecule has 2 saturated carbocycles.